The largest absolute Gasteiger partial charge is 0.455 e. The Morgan fingerprint density at radius 1 is 0.585 bits per heavy atom. The molecule has 2 heterocycles. The van der Waals surface area contributed by atoms with Gasteiger partial charge in [0.05, 0.1) is 0 Å². The molecule has 2 aliphatic heterocycles. The number of carbonyl (C=O) groups is 4. The van der Waals surface area contributed by atoms with Gasteiger partial charge in [0.25, 0.3) is 0 Å². The summed E-state index contributed by atoms with van der Waals surface area (Å²) in [6, 6.07) is 18.0. The predicted molar refractivity (Wildman–Crippen MR) is 237 cm³/mol. The highest BCUT2D eigenvalue weighted by atomic mass is 79.9. The summed E-state index contributed by atoms with van der Waals surface area (Å²) < 4.78 is 90.1. The zero-order valence-electron chi connectivity index (χ0n) is 33.1. The SMILES string of the molecule is CC(=O)OCOc1c(F)cc2c(-c3ccc(C=O)cc3)c3cc(F)c(=O)c(Br)c-3oc2c1Br.CC(=O)OCOc1c(F)cc2c(-c3ccc(C=O)cc3)c3cc(F)c(=O)cc-3oc2c1Br. The first-order chi connectivity index (χ1) is 31.0. The minimum absolute atomic E-state index is 0.0293. The van der Waals surface area contributed by atoms with Gasteiger partial charge in [0.1, 0.15) is 31.8 Å². The second kappa shape index (κ2) is 19.2. The van der Waals surface area contributed by atoms with E-state index < -0.39 is 59.7 Å². The molecule has 0 saturated heterocycles. The molecule has 4 aromatic carbocycles. The van der Waals surface area contributed by atoms with Gasteiger partial charge in [-0.15, -0.1) is 0 Å². The summed E-state index contributed by atoms with van der Waals surface area (Å²) in [6.07, 6.45) is 1.34. The Morgan fingerprint density at radius 3 is 1.49 bits per heavy atom. The molecule has 2 aliphatic carbocycles. The van der Waals surface area contributed by atoms with E-state index in [1.807, 2.05) is 0 Å². The van der Waals surface area contributed by atoms with Crippen molar-refractivity contribution in [2.45, 2.75) is 13.8 Å². The molecule has 19 heteroatoms. The maximum absolute atomic E-state index is 15.0. The zero-order valence-corrected chi connectivity index (χ0v) is 37.9. The van der Waals surface area contributed by atoms with E-state index in [1.165, 1.54) is 13.8 Å². The predicted octanol–water partition coefficient (Wildman–Crippen LogP) is 11.4. The van der Waals surface area contributed by atoms with Crippen LogP contribution in [-0.2, 0) is 19.1 Å². The smallest absolute Gasteiger partial charge is 0.305 e. The average molecular weight is 1090 g/mol. The van der Waals surface area contributed by atoms with Gasteiger partial charge in [0, 0.05) is 64.1 Å². The highest BCUT2D eigenvalue weighted by Gasteiger charge is 2.28. The summed E-state index contributed by atoms with van der Waals surface area (Å²) in [6.45, 7) is 1.29. The lowest BCUT2D eigenvalue weighted by molar-refractivity contribution is -0.148. The van der Waals surface area contributed by atoms with Crippen LogP contribution >= 0.6 is 47.8 Å². The summed E-state index contributed by atoms with van der Waals surface area (Å²) in [4.78, 5) is 68.1. The second-order valence-electron chi connectivity index (χ2n) is 13.6. The van der Waals surface area contributed by atoms with Crippen LogP contribution in [0.2, 0.25) is 0 Å². The normalized spacial score (nSPS) is 11.0. The van der Waals surface area contributed by atoms with Crippen molar-refractivity contribution in [2.24, 2.45) is 0 Å². The molecule has 65 heavy (non-hydrogen) atoms. The third kappa shape index (κ3) is 9.30. The van der Waals surface area contributed by atoms with E-state index in [4.69, 9.17) is 27.8 Å². The van der Waals surface area contributed by atoms with Crippen LogP contribution in [0.15, 0.2) is 111 Å². The highest BCUT2D eigenvalue weighted by molar-refractivity contribution is 9.11. The van der Waals surface area contributed by atoms with Crippen molar-refractivity contribution in [1.29, 1.82) is 0 Å². The van der Waals surface area contributed by atoms with Gasteiger partial charge in [-0.2, -0.15) is 0 Å². The first kappa shape index (κ1) is 46.3. The molecule has 330 valence electrons. The molecule has 0 atom stereocenters. The molecule has 0 fully saturated rings. The summed E-state index contributed by atoms with van der Waals surface area (Å²) in [5.74, 6) is -5.28. The molecule has 0 spiro atoms. The van der Waals surface area contributed by atoms with Crippen molar-refractivity contribution in [3.63, 3.8) is 0 Å². The number of hydrogen-bond acceptors (Lipinski definition) is 12. The molecule has 0 amide bonds. The summed E-state index contributed by atoms with van der Waals surface area (Å²) in [5, 5.41) is 0.508. The van der Waals surface area contributed by atoms with Crippen molar-refractivity contribution < 1.29 is 64.5 Å². The highest BCUT2D eigenvalue weighted by Crippen LogP contribution is 2.48. The van der Waals surface area contributed by atoms with Crippen molar-refractivity contribution in [3.05, 3.63) is 147 Å². The van der Waals surface area contributed by atoms with Crippen LogP contribution in [0.1, 0.15) is 34.6 Å². The Hall–Kier alpha value is -6.70. The van der Waals surface area contributed by atoms with Crippen LogP contribution in [0.4, 0.5) is 17.6 Å². The first-order valence-electron chi connectivity index (χ1n) is 18.5. The molecule has 4 aliphatic rings. The van der Waals surface area contributed by atoms with Crippen LogP contribution in [0.5, 0.6) is 11.5 Å². The van der Waals surface area contributed by atoms with Crippen molar-refractivity contribution in [3.8, 4) is 56.4 Å². The Morgan fingerprint density at radius 2 is 1.03 bits per heavy atom. The number of hydrogen-bond donors (Lipinski definition) is 0. The van der Waals surface area contributed by atoms with Crippen LogP contribution < -0.4 is 20.3 Å². The third-order valence-corrected chi connectivity index (χ3v) is 11.7. The Kier molecular flexibility index (Phi) is 13.7. The van der Waals surface area contributed by atoms with E-state index in [0.717, 1.165) is 30.3 Å². The number of ether oxygens (including phenoxy) is 4. The molecular formula is C46H25Br3F4O12. The van der Waals surface area contributed by atoms with E-state index in [0.29, 0.717) is 46.0 Å². The van der Waals surface area contributed by atoms with Gasteiger partial charge in [0.15, 0.2) is 51.7 Å². The third-order valence-electron chi connectivity index (χ3n) is 9.52. The maximum Gasteiger partial charge on any atom is 0.305 e. The summed E-state index contributed by atoms with van der Waals surface area (Å²) >= 11 is 9.60. The summed E-state index contributed by atoms with van der Waals surface area (Å²) in [7, 11) is 0. The van der Waals surface area contributed by atoms with Gasteiger partial charge in [0.2, 0.25) is 24.4 Å². The molecule has 0 aromatic heterocycles. The molecule has 0 N–H and O–H groups in total. The number of esters is 2. The monoisotopic (exact) mass is 1080 g/mol. The average Bonchev–Trinajstić information content (AvgIpc) is 3.27. The van der Waals surface area contributed by atoms with Crippen molar-refractivity contribution >= 4 is 94.2 Å². The number of aldehydes is 2. The van der Waals surface area contributed by atoms with Gasteiger partial charge in [-0.25, -0.2) is 17.6 Å². The van der Waals surface area contributed by atoms with Gasteiger partial charge in [-0.3, -0.25) is 28.8 Å². The fourth-order valence-corrected chi connectivity index (χ4v) is 8.29. The number of halogens is 7. The number of fused-ring (bicyclic) bond motifs is 4. The number of carbonyl (C=O) groups excluding carboxylic acids is 4. The van der Waals surface area contributed by atoms with Crippen LogP contribution in [-0.4, -0.2) is 38.1 Å². The Balaban J connectivity index is 0.000000194. The number of benzene rings is 6. The van der Waals surface area contributed by atoms with E-state index in [-0.39, 0.29) is 69.5 Å². The molecule has 8 rings (SSSR count). The van der Waals surface area contributed by atoms with Gasteiger partial charge >= 0.3 is 11.9 Å². The molecular weight excluding hydrogens is 1060 g/mol. The minimum atomic E-state index is -1.02. The molecule has 0 unspecified atom stereocenters. The topological polar surface area (TPSA) is 166 Å². The molecule has 4 aromatic rings. The molecule has 0 saturated carbocycles. The lowest BCUT2D eigenvalue weighted by Gasteiger charge is -2.18. The first-order valence-corrected chi connectivity index (χ1v) is 20.9. The van der Waals surface area contributed by atoms with Crippen molar-refractivity contribution in [1.82, 2.24) is 0 Å². The van der Waals surface area contributed by atoms with Gasteiger partial charge < -0.3 is 27.8 Å². The van der Waals surface area contributed by atoms with Crippen molar-refractivity contribution in [2.75, 3.05) is 13.6 Å². The van der Waals surface area contributed by atoms with Crippen LogP contribution in [0.3, 0.4) is 0 Å². The molecule has 0 bridgehead atoms. The Bertz CT molecular complexity index is 3280. The van der Waals surface area contributed by atoms with E-state index >= 15 is 4.39 Å². The molecule has 12 nitrogen and oxygen atoms in total. The fraction of sp³-hybridized carbons (Fsp3) is 0.0870. The lowest BCUT2D eigenvalue weighted by atomic mass is 9.93. The zero-order chi connectivity index (χ0) is 46.9. The quantitative estimate of drug-likeness (QED) is 0.0419. The Labute approximate surface area is 387 Å². The summed E-state index contributed by atoms with van der Waals surface area (Å²) in [5.41, 5.74) is 1.57. The minimum Gasteiger partial charge on any atom is -0.455 e. The lowest BCUT2D eigenvalue weighted by Crippen LogP contribution is -2.10. The van der Waals surface area contributed by atoms with E-state index in [1.54, 1.807) is 48.5 Å². The van der Waals surface area contributed by atoms with Crippen LogP contribution in [0.25, 0.3) is 66.8 Å². The van der Waals surface area contributed by atoms with Gasteiger partial charge in [-0.05, 0) is 83.2 Å². The van der Waals surface area contributed by atoms with Crippen LogP contribution in [0, 0.1) is 23.3 Å². The standard InChI is InChI=1S/C23H12Br2F2O6.C23H13BrF2O6/c1-10(29)31-9-32-23-16(27)7-14-17(12-4-2-11(8-28)3-5-12)13-6-15(26)20(30)18(24)21(13)33-22(14)19(23)25;1-11(28)30-10-31-23-17(26)7-15-20(13-4-2-12(9-27)3-5-13)14-6-16(25)18(29)8-19(14)32-22(15)21(23)24/h2-8H,9H2,1H3;2-9H,10H2,1H3. The molecule has 0 radical (unpaired) electrons. The second-order valence-corrected chi connectivity index (χ2v) is 16.0. The number of rotatable bonds is 10. The van der Waals surface area contributed by atoms with Gasteiger partial charge in [-0.1, -0.05) is 48.5 Å². The maximum atomic E-state index is 15.0. The fourth-order valence-electron chi connectivity index (χ4n) is 6.61. The van der Waals surface area contributed by atoms with E-state index in [2.05, 4.69) is 47.8 Å². The van der Waals surface area contributed by atoms with E-state index in [9.17, 15) is 41.9 Å².